The van der Waals surface area contributed by atoms with Crippen LogP contribution in [0.15, 0.2) is 22.7 Å². The minimum Gasteiger partial charge on any atom is -0.385 e. The Bertz CT molecular complexity index is 336. The van der Waals surface area contributed by atoms with E-state index in [0.29, 0.717) is 30.8 Å². The first-order valence-corrected chi connectivity index (χ1v) is 6.29. The maximum atomic E-state index is 13.2. The molecular weight excluding hydrogens is 289 g/mol. The summed E-state index contributed by atoms with van der Waals surface area (Å²) in [6, 6.07) is 4.95. The van der Waals surface area contributed by atoms with Crippen LogP contribution in [0, 0.1) is 5.82 Å². The quantitative estimate of drug-likeness (QED) is 0.749. The average molecular weight is 306 g/mol. The maximum absolute atomic E-state index is 13.2. The van der Waals surface area contributed by atoms with Crippen molar-refractivity contribution in [2.24, 2.45) is 0 Å². The molecule has 0 bridgehead atoms. The molecule has 0 aromatic heterocycles. The number of benzene rings is 1. The third-order valence-electron chi connectivity index (χ3n) is 2.13. The van der Waals surface area contributed by atoms with Gasteiger partial charge in [0.05, 0.1) is 11.1 Å². The van der Waals surface area contributed by atoms with E-state index in [1.54, 1.807) is 13.2 Å². The molecular formula is C12H17BrFNO2. The van der Waals surface area contributed by atoms with Gasteiger partial charge in [-0.15, -0.1) is 0 Å². The molecule has 0 aliphatic carbocycles. The zero-order valence-corrected chi connectivity index (χ0v) is 11.4. The summed E-state index contributed by atoms with van der Waals surface area (Å²) in [5, 5.41) is 3.09. The molecule has 0 heterocycles. The van der Waals surface area contributed by atoms with Gasteiger partial charge in [0.2, 0.25) is 0 Å². The monoisotopic (exact) mass is 305 g/mol. The first-order valence-electron chi connectivity index (χ1n) is 5.49. The topological polar surface area (TPSA) is 30.5 Å². The van der Waals surface area contributed by atoms with Crippen molar-refractivity contribution in [1.29, 1.82) is 0 Å². The fraction of sp³-hybridized carbons (Fsp3) is 0.500. The second kappa shape index (κ2) is 8.44. The normalized spacial score (nSPS) is 10.5. The predicted octanol–water partition coefficient (Wildman–Crippen LogP) is 3.05. The highest BCUT2D eigenvalue weighted by atomic mass is 79.9. The van der Waals surface area contributed by atoms with Crippen LogP contribution < -0.4 is 5.32 Å². The number of anilines is 1. The molecule has 0 fully saturated rings. The highest BCUT2D eigenvalue weighted by molar-refractivity contribution is 9.10. The summed E-state index contributed by atoms with van der Waals surface area (Å²) in [5.41, 5.74) is 0.756. The van der Waals surface area contributed by atoms with Crippen molar-refractivity contribution in [2.45, 2.75) is 6.42 Å². The molecule has 0 unspecified atom stereocenters. The summed E-state index contributed by atoms with van der Waals surface area (Å²) in [6.07, 6.45) is 0.892. The Morgan fingerprint density at radius 3 is 2.82 bits per heavy atom. The molecule has 0 atom stereocenters. The van der Waals surface area contributed by atoms with Crippen LogP contribution in [0.5, 0.6) is 0 Å². The van der Waals surface area contributed by atoms with E-state index in [9.17, 15) is 4.39 Å². The smallest absolute Gasteiger partial charge is 0.139 e. The lowest BCUT2D eigenvalue weighted by Crippen LogP contribution is -2.10. The van der Waals surface area contributed by atoms with E-state index in [0.717, 1.165) is 12.1 Å². The van der Waals surface area contributed by atoms with Gasteiger partial charge in [0, 0.05) is 32.6 Å². The first kappa shape index (κ1) is 14.4. The van der Waals surface area contributed by atoms with Crippen LogP contribution in [-0.4, -0.2) is 33.5 Å². The molecule has 0 spiro atoms. The molecule has 1 rings (SSSR count). The Morgan fingerprint density at radius 2 is 2.12 bits per heavy atom. The molecule has 5 heteroatoms. The molecule has 0 amide bonds. The highest BCUT2D eigenvalue weighted by Gasteiger charge is 1.99. The van der Waals surface area contributed by atoms with E-state index >= 15 is 0 Å². The molecule has 1 aromatic rings. The lowest BCUT2D eigenvalue weighted by Gasteiger charge is -2.07. The number of hydrogen-bond acceptors (Lipinski definition) is 3. The van der Waals surface area contributed by atoms with Crippen LogP contribution in [-0.2, 0) is 9.47 Å². The molecule has 0 aliphatic heterocycles. The van der Waals surface area contributed by atoms with Crippen LogP contribution in [0.2, 0.25) is 0 Å². The third kappa shape index (κ3) is 6.00. The van der Waals surface area contributed by atoms with Crippen molar-refractivity contribution in [1.82, 2.24) is 0 Å². The summed E-state index contributed by atoms with van der Waals surface area (Å²) in [5.74, 6) is -0.268. The van der Waals surface area contributed by atoms with Crippen LogP contribution >= 0.6 is 15.9 Å². The van der Waals surface area contributed by atoms with Gasteiger partial charge in [-0.1, -0.05) is 0 Å². The van der Waals surface area contributed by atoms with Crippen molar-refractivity contribution < 1.29 is 13.9 Å². The van der Waals surface area contributed by atoms with Crippen LogP contribution in [0.1, 0.15) is 6.42 Å². The van der Waals surface area contributed by atoms with Crippen molar-refractivity contribution >= 4 is 21.6 Å². The van der Waals surface area contributed by atoms with Gasteiger partial charge in [-0.2, -0.15) is 0 Å². The predicted molar refractivity (Wildman–Crippen MR) is 69.9 cm³/mol. The van der Waals surface area contributed by atoms with E-state index in [2.05, 4.69) is 21.2 Å². The van der Waals surface area contributed by atoms with Gasteiger partial charge in [0.1, 0.15) is 5.82 Å². The molecule has 96 valence electrons. The molecule has 1 N–H and O–H groups in total. The number of halogens is 2. The van der Waals surface area contributed by atoms with Gasteiger partial charge < -0.3 is 14.8 Å². The first-order chi connectivity index (χ1) is 8.24. The molecule has 1 aromatic carbocycles. The molecule has 0 saturated carbocycles. The van der Waals surface area contributed by atoms with Crippen LogP contribution in [0.25, 0.3) is 0 Å². The number of hydrogen-bond donors (Lipinski definition) is 1. The standard InChI is InChI=1S/C12H17BrFNO2/c1-16-6-2-7-17-8-5-15-10-3-4-11(13)12(14)9-10/h3-4,9,15H,2,5-8H2,1H3. The number of nitrogens with one attached hydrogen (secondary N) is 1. The number of rotatable bonds is 8. The van der Waals surface area contributed by atoms with Crippen LogP contribution in [0.3, 0.4) is 0 Å². The van der Waals surface area contributed by atoms with Gasteiger partial charge in [-0.25, -0.2) is 4.39 Å². The fourth-order valence-electron chi connectivity index (χ4n) is 1.28. The van der Waals surface area contributed by atoms with Gasteiger partial charge in [0.15, 0.2) is 0 Å². The Kier molecular flexibility index (Phi) is 7.16. The van der Waals surface area contributed by atoms with Crippen LogP contribution in [0.4, 0.5) is 10.1 Å². The molecule has 17 heavy (non-hydrogen) atoms. The Hall–Kier alpha value is -0.650. The van der Waals surface area contributed by atoms with Gasteiger partial charge >= 0.3 is 0 Å². The van der Waals surface area contributed by atoms with Crippen molar-refractivity contribution in [2.75, 3.05) is 38.8 Å². The van der Waals surface area contributed by atoms with Gasteiger partial charge in [-0.3, -0.25) is 0 Å². The van der Waals surface area contributed by atoms with E-state index in [-0.39, 0.29) is 5.82 Å². The van der Waals surface area contributed by atoms with E-state index in [1.807, 2.05) is 6.07 Å². The zero-order valence-electron chi connectivity index (χ0n) is 9.84. The summed E-state index contributed by atoms with van der Waals surface area (Å²) in [4.78, 5) is 0. The largest absolute Gasteiger partial charge is 0.385 e. The summed E-state index contributed by atoms with van der Waals surface area (Å²) < 4.78 is 23.9. The van der Waals surface area contributed by atoms with Crippen molar-refractivity contribution in [3.63, 3.8) is 0 Å². The molecule has 0 aliphatic rings. The second-order valence-corrected chi connectivity index (χ2v) is 4.37. The SMILES string of the molecule is COCCCOCCNc1ccc(Br)c(F)c1. The van der Waals surface area contributed by atoms with E-state index < -0.39 is 0 Å². The number of ether oxygens (including phenoxy) is 2. The zero-order chi connectivity index (χ0) is 12.5. The Balaban J connectivity index is 2.11. The highest BCUT2D eigenvalue weighted by Crippen LogP contribution is 2.18. The van der Waals surface area contributed by atoms with Gasteiger partial charge in [-0.05, 0) is 40.5 Å². The number of methoxy groups -OCH3 is 1. The van der Waals surface area contributed by atoms with Crippen molar-refractivity contribution in [3.8, 4) is 0 Å². The van der Waals surface area contributed by atoms with Crippen molar-refractivity contribution in [3.05, 3.63) is 28.5 Å². The molecule has 0 radical (unpaired) electrons. The minimum atomic E-state index is -0.268. The molecule has 3 nitrogen and oxygen atoms in total. The van der Waals surface area contributed by atoms with E-state index in [4.69, 9.17) is 9.47 Å². The summed E-state index contributed by atoms with van der Waals surface area (Å²) in [6.45, 7) is 2.66. The van der Waals surface area contributed by atoms with E-state index in [1.165, 1.54) is 6.07 Å². The van der Waals surface area contributed by atoms with Gasteiger partial charge in [0.25, 0.3) is 0 Å². The summed E-state index contributed by atoms with van der Waals surface area (Å²) in [7, 11) is 1.67. The minimum absolute atomic E-state index is 0.268. The Morgan fingerprint density at radius 1 is 1.29 bits per heavy atom. The Labute approximate surface area is 109 Å². The second-order valence-electron chi connectivity index (χ2n) is 3.51. The molecule has 0 saturated heterocycles. The maximum Gasteiger partial charge on any atom is 0.139 e. The third-order valence-corrected chi connectivity index (χ3v) is 2.78. The lowest BCUT2D eigenvalue weighted by atomic mass is 10.3. The lowest BCUT2D eigenvalue weighted by molar-refractivity contribution is 0.109. The fourth-order valence-corrected chi connectivity index (χ4v) is 1.53. The summed E-state index contributed by atoms with van der Waals surface area (Å²) >= 11 is 3.11. The average Bonchev–Trinajstić information content (AvgIpc) is 2.32.